The van der Waals surface area contributed by atoms with Gasteiger partial charge in [0.2, 0.25) is 0 Å². The third-order valence-corrected chi connectivity index (χ3v) is 3.02. The summed E-state index contributed by atoms with van der Waals surface area (Å²) < 4.78 is 42.1. The van der Waals surface area contributed by atoms with Crippen LogP contribution in [0.2, 0.25) is 5.02 Å². The van der Waals surface area contributed by atoms with Crippen molar-refractivity contribution in [2.75, 3.05) is 5.32 Å². The van der Waals surface area contributed by atoms with Crippen LogP contribution in [0.25, 0.3) is 0 Å². The lowest BCUT2D eigenvalue weighted by atomic mass is 10.1. The highest BCUT2D eigenvalue weighted by Gasteiger charge is 2.38. The van der Waals surface area contributed by atoms with E-state index in [0.717, 1.165) is 18.2 Å². The molecule has 0 aromatic heterocycles. The third kappa shape index (κ3) is 4.39. The van der Waals surface area contributed by atoms with Gasteiger partial charge in [0, 0.05) is 10.7 Å². The topological polar surface area (TPSA) is 75.6 Å². The van der Waals surface area contributed by atoms with Gasteiger partial charge in [-0.05, 0) is 42.5 Å². The molecular formula is C15H9ClF3NO4. The number of hydrogen-bond acceptors (Lipinski definition) is 3. The first-order valence-electron chi connectivity index (χ1n) is 6.36. The minimum Gasteiger partial charge on any atom is -0.478 e. The van der Waals surface area contributed by atoms with Crippen molar-refractivity contribution >= 4 is 29.2 Å². The zero-order valence-corrected chi connectivity index (χ0v) is 12.5. The molecular weight excluding hydrogens is 351 g/mol. The van der Waals surface area contributed by atoms with E-state index in [1.54, 1.807) is 5.32 Å². The Morgan fingerprint density at radius 2 is 1.71 bits per heavy atom. The first-order chi connectivity index (χ1) is 11.2. The number of carboxylic acid groups (broad SMARTS) is 1. The molecule has 0 saturated heterocycles. The van der Waals surface area contributed by atoms with Crippen molar-refractivity contribution in [3.8, 4) is 11.5 Å². The van der Waals surface area contributed by atoms with Crippen molar-refractivity contribution in [2.24, 2.45) is 0 Å². The predicted octanol–water partition coefficient (Wildman–Crippen LogP) is 4.33. The van der Waals surface area contributed by atoms with E-state index in [2.05, 4.69) is 0 Å². The summed E-state index contributed by atoms with van der Waals surface area (Å²) in [6.07, 6.45) is -5.08. The minimum atomic E-state index is -5.08. The van der Waals surface area contributed by atoms with Crippen molar-refractivity contribution in [1.82, 2.24) is 0 Å². The lowest BCUT2D eigenvalue weighted by Gasteiger charge is -2.12. The minimum absolute atomic E-state index is 0.102. The fraction of sp³-hybridized carbons (Fsp3) is 0.0667. The summed E-state index contributed by atoms with van der Waals surface area (Å²) in [4.78, 5) is 22.2. The quantitative estimate of drug-likeness (QED) is 0.852. The molecule has 9 heteroatoms. The SMILES string of the molecule is O=C(O)c1cc(NC(=O)C(F)(F)F)ccc1Oc1ccc(Cl)cc1. The lowest BCUT2D eigenvalue weighted by Crippen LogP contribution is -2.30. The van der Waals surface area contributed by atoms with E-state index in [4.69, 9.17) is 16.3 Å². The van der Waals surface area contributed by atoms with Gasteiger partial charge >= 0.3 is 18.1 Å². The molecule has 2 N–H and O–H groups in total. The van der Waals surface area contributed by atoms with E-state index >= 15 is 0 Å². The van der Waals surface area contributed by atoms with Crippen LogP contribution in [0.1, 0.15) is 10.4 Å². The first-order valence-corrected chi connectivity index (χ1v) is 6.73. The normalized spacial score (nSPS) is 11.0. The van der Waals surface area contributed by atoms with Gasteiger partial charge < -0.3 is 15.2 Å². The lowest BCUT2D eigenvalue weighted by molar-refractivity contribution is -0.167. The fourth-order valence-electron chi connectivity index (χ4n) is 1.70. The number of alkyl halides is 3. The standard InChI is InChI=1S/C15H9ClF3NO4/c16-8-1-4-10(5-2-8)24-12-6-3-9(7-11(12)13(21)22)20-14(23)15(17,18)19/h1-7H,(H,20,23)(H,21,22). The highest BCUT2D eigenvalue weighted by molar-refractivity contribution is 6.30. The van der Waals surface area contributed by atoms with Gasteiger partial charge in [-0.15, -0.1) is 0 Å². The number of benzene rings is 2. The van der Waals surface area contributed by atoms with Crippen LogP contribution in [0.4, 0.5) is 18.9 Å². The summed E-state index contributed by atoms with van der Waals surface area (Å²) in [5.74, 6) is -3.45. The number of aromatic carboxylic acids is 1. The molecule has 0 fully saturated rings. The average molecular weight is 360 g/mol. The van der Waals surface area contributed by atoms with Crippen molar-refractivity contribution in [1.29, 1.82) is 0 Å². The van der Waals surface area contributed by atoms with Crippen LogP contribution in [-0.4, -0.2) is 23.2 Å². The average Bonchev–Trinajstić information content (AvgIpc) is 2.49. The number of carbonyl (C=O) groups excluding carboxylic acids is 1. The molecule has 0 bridgehead atoms. The molecule has 2 aromatic rings. The Morgan fingerprint density at radius 3 is 2.25 bits per heavy atom. The molecule has 0 aliphatic heterocycles. The van der Waals surface area contributed by atoms with E-state index < -0.39 is 23.6 Å². The Labute approximate surface area is 138 Å². The molecule has 5 nitrogen and oxygen atoms in total. The van der Waals surface area contributed by atoms with E-state index in [-0.39, 0.29) is 17.2 Å². The Hall–Kier alpha value is -2.74. The summed E-state index contributed by atoms with van der Waals surface area (Å²) in [5.41, 5.74) is -0.733. The predicted molar refractivity (Wildman–Crippen MR) is 79.6 cm³/mol. The van der Waals surface area contributed by atoms with Crippen LogP contribution >= 0.6 is 11.6 Å². The molecule has 0 aliphatic rings. The molecule has 2 rings (SSSR count). The molecule has 0 aliphatic carbocycles. The van der Waals surface area contributed by atoms with Gasteiger partial charge in [0.05, 0.1) is 0 Å². The van der Waals surface area contributed by atoms with Crippen molar-refractivity contribution in [2.45, 2.75) is 6.18 Å². The number of carboxylic acids is 1. The Balaban J connectivity index is 2.28. The molecule has 126 valence electrons. The zero-order chi connectivity index (χ0) is 17.9. The molecule has 0 radical (unpaired) electrons. The van der Waals surface area contributed by atoms with Crippen LogP contribution in [0.3, 0.4) is 0 Å². The maximum absolute atomic E-state index is 12.2. The summed E-state index contributed by atoms with van der Waals surface area (Å²) in [7, 11) is 0. The number of amides is 1. The number of ether oxygens (including phenoxy) is 1. The molecule has 0 atom stereocenters. The second-order valence-electron chi connectivity index (χ2n) is 4.52. The van der Waals surface area contributed by atoms with Crippen molar-refractivity contribution in [3.05, 3.63) is 53.1 Å². The first kappa shape index (κ1) is 17.6. The van der Waals surface area contributed by atoms with Gasteiger partial charge in [-0.25, -0.2) is 4.79 Å². The number of anilines is 1. The highest BCUT2D eigenvalue weighted by atomic mass is 35.5. The van der Waals surface area contributed by atoms with E-state index in [1.165, 1.54) is 24.3 Å². The van der Waals surface area contributed by atoms with Crippen molar-refractivity contribution in [3.63, 3.8) is 0 Å². The Bertz CT molecular complexity index is 775. The second kappa shape index (κ2) is 6.79. The molecule has 24 heavy (non-hydrogen) atoms. The molecule has 0 heterocycles. The van der Waals surface area contributed by atoms with Gasteiger partial charge in [-0.3, -0.25) is 4.79 Å². The number of carbonyl (C=O) groups is 2. The van der Waals surface area contributed by atoms with Gasteiger partial charge in [0.25, 0.3) is 0 Å². The molecule has 0 spiro atoms. The molecule has 0 unspecified atom stereocenters. The number of halogens is 4. The van der Waals surface area contributed by atoms with E-state index in [0.29, 0.717) is 5.02 Å². The summed E-state index contributed by atoms with van der Waals surface area (Å²) in [6, 6.07) is 9.15. The summed E-state index contributed by atoms with van der Waals surface area (Å²) >= 11 is 5.72. The zero-order valence-electron chi connectivity index (χ0n) is 11.7. The monoisotopic (exact) mass is 359 g/mol. The van der Waals surface area contributed by atoms with Gasteiger partial charge in [0.15, 0.2) is 0 Å². The van der Waals surface area contributed by atoms with Crippen LogP contribution in [0.15, 0.2) is 42.5 Å². The Morgan fingerprint density at radius 1 is 1.08 bits per heavy atom. The van der Waals surface area contributed by atoms with Gasteiger partial charge in [-0.1, -0.05) is 11.6 Å². The van der Waals surface area contributed by atoms with E-state index in [1.807, 2.05) is 0 Å². The number of rotatable bonds is 4. The second-order valence-corrected chi connectivity index (χ2v) is 4.96. The van der Waals surface area contributed by atoms with Crippen LogP contribution in [-0.2, 0) is 4.79 Å². The molecule has 0 saturated carbocycles. The maximum Gasteiger partial charge on any atom is 0.471 e. The van der Waals surface area contributed by atoms with Crippen LogP contribution in [0, 0.1) is 0 Å². The van der Waals surface area contributed by atoms with E-state index in [9.17, 15) is 27.9 Å². The summed E-state index contributed by atoms with van der Waals surface area (Å²) in [6.45, 7) is 0. The number of nitrogens with one attached hydrogen (secondary N) is 1. The number of hydrogen-bond donors (Lipinski definition) is 2. The fourth-order valence-corrected chi connectivity index (χ4v) is 1.82. The smallest absolute Gasteiger partial charge is 0.471 e. The van der Waals surface area contributed by atoms with Crippen molar-refractivity contribution < 1.29 is 32.6 Å². The van der Waals surface area contributed by atoms with Crippen LogP contribution in [0.5, 0.6) is 11.5 Å². The third-order valence-electron chi connectivity index (χ3n) is 2.77. The van der Waals surface area contributed by atoms with Gasteiger partial charge in [-0.2, -0.15) is 13.2 Å². The molecule has 2 aromatic carbocycles. The Kier molecular flexibility index (Phi) is 4.99. The summed E-state index contributed by atoms with van der Waals surface area (Å²) in [5, 5.41) is 11.2. The maximum atomic E-state index is 12.2. The highest BCUT2D eigenvalue weighted by Crippen LogP contribution is 2.29. The largest absolute Gasteiger partial charge is 0.478 e. The molecule has 1 amide bonds. The van der Waals surface area contributed by atoms with Gasteiger partial charge in [0.1, 0.15) is 17.1 Å². The van der Waals surface area contributed by atoms with Crippen LogP contribution < -0.4 is 10.1 Å².